The molecule has 5 rings (SSSR count). The van der Waals surface area contributed by atoms with Crippen molar-refractivity contribution in [1.29, 1.82) is 5.26 Å². The number of pyridine rings is 2. The molecule has 1 aliphatic heterocycles. The van der Waals surface area contributed by atoms with E-state index in [9.17, 15) is 32.8 Å². The van der Waals surface area contributed by atoms with Crippen molar-refractivity contribution < 1.29 is 27.6 Å². The predicted molar refractivity (Wildman–Crippen MR) is 128 cm³/mol. The van der Waals surface area contributed by atoms with E-state index < -0.39 is 42.0 Å². The maximum absolute atomic E-state index is 13.6. The van der Waals surface area contributed by atoms with E-state index in [0.29, 0.717) is 16.5 Å². The van der Waals surface area contributed by atoms with Crippen LogP contribution in [0.4, 0.5) is 13.2 Å². The summed E-state index contributed by atoms with van der Waals surface area (Å²) in [6.07, 6.45) is 1.09. The number of hydrogen-bond donors (Lipinski definition) is 2. The van der Waals surface area contributed by atoms with Gasteiger partial charge in [-0.1, -0.05) is 26.7 Å². The van der Waals surface area contributed by atoms with Gasteiger partial charge >= 0.3 is 12.1 Å². The van der Waals surface area contributed by atoms with Gasteiger partial charge in [0.25, 0.3) is 0 Å². The monoisotopic (exact) mass is 528 g/mol. The number of carbonyl (C=O) groups is 3. The van der Waals surface area contributed by atoms with Crippen molar-refractivity contribution in [3.05, 3.63) is 36.3 Å². The summed E-state index contributed by atoms with van der Waals surface area (Å²) < 4.78 is 39.0. The molecule has 12 heteroatoms. The first-order valence-electron chi connectivity index (χ1n) is 12.5. The molecule has 38 heavy (non-hydrogen) atoms. The first-order valence-corrected chi connectivity index (χ1v) is 12.5. The largest absolute Gasteiger partial charge is 0.471 e. The van der Waals surface area contributed by atoms with Crippen molar-refractivity contribution in [1.82, 2.24) is 25.5 Å². The molecular weight excluding hydrogens is 501 g/mol. The number of rotatable bonds is 7. The molecular formula is C26H27F3N6O3. The molecule has 3 fully saturated rings. The van der Waals surface area contributed by atoms with Crippen LogP contribution in [-0.4, -0.2) is 57.4 Å². The van der Waals surface area contributed by atoms with Crippen LogP contribution in [-0.2, 0) is 14.4 Å². The predicted octanol–water partition coefficient (Wildman–Crippen LogP) is 2.64. The fourth-order valence-corrected chi connectivity index (χ4v) is 5.80. The van der Waals surface area contributed by atoms with E-state index in [2.05, 4.69) is 21.4 Å². The maximum Gasteiger partial charge on any atom is 0.471 e. The highest BCUT2D eigenvalue weighted by Gasteiger charge is 2.69. The van der Waals surface area contributed by atoms with Crippen LogP contribution in [0.15, 0.2) is 30.7 Å². The molecule has 3 heterocycles. The average Bonchev–Trinajstić information content (AvgIpc) is 3.73. The van der Waals surface area contributed by atoms with Crippen LogP contribution >= 0.6 is 0 Å². The molecule has 2 aliphatic carbocycles. The Morgan fingerprint density at radius 2 is 1.97 bits per heavy atom. The average molecular weight is 529 g/mol. The van der Waals surface area contributed by atoms with Gasteiger partial charge in [0.2, 0.25) is 11.8 Å². The van der Waals surface area contributed by atoms with Crippen molar-refractivity contribution >= 4 is 28.6 Å². The second kappa shape index (κ2) is 9.22. The van der Waals surface area contributed by atoms with Gasteiger partial charge in [0.15, 0.2) is 0 Å². The SMILES string of the molecule is CC1(C)[C@@H]2[C@@H](C(=O)NC(C#N)c3cncc4cccnc34)N(C(=O)C(CC3CC3)NC(=O)C(F)(F)F)C[C@@H]21. The highest BCUT2D eigenvalue weighted by molar-refractivity contribution is 5.95. The smallest absolute Gasteiger partial charge is 0.336 e. The molecule has 9 nitrogen and oxygen atoms in total. The fourth-order valence-electron chi connectivity index (χ4n) is 5.80. The second-order valence-corrected chi connectivity index (χ2v) is 11.0. The van der Waals surface area contributed by atoms with Gasteiger partial charge in [0, 0.05) is 36.1 Å². The molecule has 5 atom stereocenters. The number of nitrogens with zero attached hydrogens (tertiary/aromatic N) is 4. The molecule has 0 bridgehead atoms. The van der Waals surface area contributed by atoms with Crippen molar-refractivity contribution in [2.45, 2.75) is 57.4 Å². The summed E-state index contributed by atoms with van der Waals surface area (Å²) in [6.45, 7) is 4.13. The minimum absolute atomic E-state index is 0.0245. The Labute approximate surface area is 216 Å². The Morgan fingerprint density at radius 3 is 2.63 bits per heavy atom. The lowest BCUT2D eigenvalue weighted by Crippen LogP contribution is -2.57. The molecule has 0 radical (unpaired) electrons. The molecule has 2 aromatic heterocycles. The van der Waals surface area contributed by atoms with Gasteiger partial charge in [-0.3, -0.25) is 24.4 Å². The van der Waals surface area contributed by atoms with Crippen LogP contribution in [0, 0.1) is 34.5 Å². The zero-order chi connectivity index (χ0) is 27.4. The number of piperidine rings is 1. The number of fused-ring (bicyclic) bond motifs is 2. The Morgan fingerprint density at radius 1 is 1.24 bits per heavy atom. The van der Waals surface area contributed by atoms with Gasteiger partial charge in [0.05, 0.1) is 11.6 Å². The van der Waals surface area contributed by atoms with Crippen LogP contribution in [0.5, 0.6) is 0 Å². The first kappa shape index (κ1) is 25.9. The summed E-state index contributed by atoms with van der Waals surface area (Å²) in [6, 6.07) is 2.08. The Hall–Kier alpha value is -3.75. The normalized spacial score (nSPS) is 25.2. The van der Waals surface area contributed by atoms with Gasteiger partial charge in [0.1, 0.15) is 18.1 Å². The Bertz CT molecular complexity index is 1330. The van der Waals surface area contributed by atoms with Crippen molar-refractivity contribution in [2.24, 2.45) is 23.2 Å². The Balaban J connectivity index is 1.40. The third-order valence-electron chi connectivity index (χ3n) is 8.15. The van der Waals surface area contributed by atoms with Gasteiger partial charge in [-0.2, -0.15) is 18.4 Å². The van der Waals surface area contributed by atoms with Crippen LogP contribution in [0.25, 0.3) is 10.9 Å². The molecule has 2 N–H and O–H groups in total. The van der Waals surface area contributed by atoms with Crippen molar-refractivity contribution in [3.8, 4) is 6.07 Å². The first-order chi connectivity index (χ1) is 17.9. The molecule has 3 aliphatic rings. The molecule has 2 unspecified atom stereocenters. The van der Waals surface area contributed by atoms with Crippen LogP contribution in [0.1, 0.15) is 44.7 Å². The van der Waals surface area contributed by atoms with Gasteiger partial charge in [-0.25, -0.2) is 0 Å². The number of nitrogens with one attached hydrogen (secondary N) is 2. The molecule has 2 saturated carbocycles. The summed E-state index contributed by atoms with van der Waals surface area (Å²) >= 11 is 0. The number of hydrogen-bond acceptors (Lipinski definition) is 6. The van der Waals surface area contributed by atoms with Gasteiger partial charge in [-0.15, -0.1) is 0 Å². The maximum atomic E-state index is 13.6. The van der Waals surface area contributed by atoms with Crippen LogP contribution < -0.4 is 10.6 Å². The summed E-state index contributed by atoms with van der Waals surface area (Å²) in [5, 5.41) is 15.2. The topological polar surface area (TPSA) is 128 Å². The number of amides is 3. The Kier molecular flexibility index (Phi) is 6.28. The van der Waals surface area contributed by atoms with E-state index in [-0.39, 0.29) is 36.1 Å². The van der Waals surface area contributed by atoms with Gasteiger partial charge in [-0.05, 0) is 41.7 Å². The summed E-state index contributed by atoms with van der Waals surface area (Å²) in [5.41, 5.74) is 0.633. The standard InChI is InChI=1S/C26H27F3N6O3/c1-25(2)16-12-35(23(37)17(8-13-5-6-13)34-24(38)26(27,28)29)21(19(16)25)22(36)33-18(9-30)15-11-31-10-14-4-3-7-32-20(14)15/h3-4,7,10-11,13,16-19,21H,5-6,8,12H2,1-2H3,(H,33,36)(H,34,38)/t16-,17?,18?,19-,21-/m0/s1. The van der Waals surface area contributed by atoms with E-state index in [4.69, 9.17) is 0 Å². The van der Waals surface area contributed by atoms with E-state index in [0.717, 1.165) is 12.8 Å². The number of alkyl halides is 3. The number of halogens is 3. The number of likely N-dealkylation sites (tertiary alicyclic amines) is 1. The molecule has 3 amide bonds. The van der Waals surface area contributed by atoms with E-state index in [1.807, 2.05) is 19.2 Å². The molecule has 2 aromatic rings. The minimum Gasteiger partial charge on any atom is -0.336 e. The lowest BCUT2D eigenvalue weighted by atomic mass is 9.98. The van der Waals surface area contributed by atoms with E-state index in [1.54, 1.807) is 24.5 Å². The molecule has 200 valence electrons. The highest BCUT2D eigenvalue weighted by atomic mass is 19.4. The molecule has 0 aromatic carbocycles. The second-order valence-electron chi connectivity index (χ2n) is 11.0. The molecule has 0 spiro atoms. The third-order valence-corrected chi connectivity index (χ3v) is 8.15. The fraction of sp³-hybridized carbons (Fsp3) is 0.538. The quantitative estimate of drug-likeness (QED) is 0.569. The van der Waals surface area contributed by atoms with E-state index >= 15 is 0 Å². The number of nitriles is 1. The van der Waals surface area contributed by atoms with Crippen LogP contribution in [0.2, 0.25) is 0 Å². The lowest BCUT2D eigenvalue weighted by Gasteiger charge is -2.33. The van der Waals surface area contributed by atoms with E-state index in [1.165, 1.54) is 11.1 Å². The zero-order valence-corrected chi connectivity index (χ0v) is 20.8. The lowest BCUT2D eigenvalue weighted by molar-refractivity contribution is -0.175. The summed E-state index contributed by atoms with van der Waals surface area (Å²) in [4.78, 5) is 48.6. The molecule has 1 saturated heterocycles. The van der Waals surface area contributed by atoms with Crippen molar-refractivity contribution in [2.75, 3.05) is 6.54 Å². The van der Waals surface area contributed by atoms with Crippen molar-refractivity contribution in [3.63, 3.8) is 0 Å². The zero-order valence-electron chi connectivity index (χ0n) is 20.8. The number of carbonyl (C=O) groups excluding carboxylic acids is 3. The highest BCUT2D eigenvalue weighted by Crippen LogP contribution is 2.65. The summed E-state index contributed by atoms with van der Waals surface area (Å²) in [7, 11) is 0. The third kappa shape index (κ3) is 4.66. The van der Waals surface area contributed by atoms with Gasteiger partial charge < -0.3 is 15.5 Å². The van der Waals surface area contributed by atoms with Crippen LogP contribution in [0.3, 0.4) is 0 Å². The summed E-state index contributed by atoms with van der Waals surface area (Å²) in [5.74, 6) is -3.67. The number of aromatic nitrogens is 2. The minimum atomic E-state index is -5.13.